The molecular formula is C24H24ClFN2O4. The van der Waals surface area contributed by atoms with E-state index < -0.39 is 0 Å². The fraction of sp³-hybridized carbons (Fsp3) is 0.333. The topological polar surface area (TPSA) is 64.8 Å². The molecule has 3 aromatic rings. The molecule has 1 unspecified atom stereocenters. The quantitative estimate of drug-likeness (QED) is 0.540. The molecule has 2 heterocycles. The Bertz CT molecular complexity index is 1120. The van der Waals surface area contributed by atoms with Crippen LogP contribution in [0.3, 0.4) is 0 Å². The number of amides is 1. The maximum Gasteiger partial charge on any atom is 0.228 e. The number of aromatic nitrogens is 1. The predicted molar refractivity (Wildman–Crippen MR) is 118 cm³/mol. The second kappa shape index (κ2) is 9.71. The van der Waals surface area contributed by atoms with Crippen LogP contribution in [0.25, 0.3) is 11.5 Å². The van der Waals surface area contributed by atoms with Gasteiger partial charge in [-0.15, -0.1) is 0 Å². The maximum absolute atomic E-state index is 13.5. The van der Waals surface area contributed by atoms with E-state index in [1.807, 2.05) is 19.1 Å². The Balaban J connectivity index is 1.35. The number of oxazole rings is 1. The van der Waals surface area contributed by atoms with Gasteiger partial charge in [0.25, 0.3) is 0 Å². The van der Waals surface area contributed by atoms with Crippen LogP contribution < -0.4 is 4.74 Å². The van der Waals surface area contributed by atoms with Gasteiger partial charge in [0.2, 0.25) is 11.8 Å². The molecule has 1 saturated heterocycles. The largest absolute Gasteiger partial charge is 0.491 e. The van der Waals surface area contributed by atoms with Crippen molar-refractivity contribution in [1.29, 1.82) is 0 Å². The van der Waals surface area contributed by atoms with E-state index in [1.165, 1.54) is 12.1 Å². The first-order valence-electron chi connectivity index (χ1n) is 10.4. The summed E-state index contributed by atoms with van der Waals surface area (Å²) in [5.41, 5.74) is 2.02. The Kier molecular flexibility index (Phi) is 6.77. The Labute approximate surface area is 190 Å². The van der Waals surface area contributed by atoms with Crippen LogP contribution in [0.15, 0.2) is 46.9 Å². The molecular weight excluding hydrogens is 435 g/mol. The highest BCUT2D eigenvalue weighted by molar-refractivity contribution is 6.31. The SMILES string of the molecule is Cc1cc(OCC2CN(C(=O)Cc3nc(-c4cccc(F)c4)oc3C)CCO2)ccc1Cl. The van der Waals surface area contributed by atoms with Crippen LogP contribution in [0.2, 0.25) is 5.02 Å². The zero-order valence-corrected chi connectivity index (χ0v) is 18.7. The van der Waals surface area contributed by atoms with Crippen LogP contribution in [-0.2, 0) is 16.0 Å². The summed E-state index contributed by atoms with van der Waals surface area (Å²) in [6.07, 6.45) is -0.126. The van der Waals surface area contributed by atoms with Gasteiger partial charge in [-0.05, 0) is 55.8 Å². The molecule has 2 aromatic carbocycles. The third-order valence-corrected chi connectivity index (χ3v) is 5.76. The molecule has 0 saturated carbocycles. The third kappa shape index (κ3) is 5.29. The number of halogens is 2. The molecule has 1 atom stereocenters. The molecule has 1 amide bonds. The lowest BCUT2D eigenvalue weighted by Crippen LogP contribution is -2.48. The standard InChI is InChI=1S/C24H24ClFN2O4/c1-15-10-19(6-7-21(15)25)31-14-20-13-28(8-9-30-20)23(29)12-22-16(2)32-24(27-22)17-4-3-5-18(26)11-17/h3-7,10-11,20H,8-9,12-14H2,1-2H3. The van der Waals surface area contributed by atoms with Gasteiger partial charge in [0.1, 0.15) is 30.0 Å². The van der Waals surface area contributed by atoms with Gasteiger partial charge >= 0.3 is 0 Å². The van der Waals surface area contributed by atoms with Crippen molar-refractivity contribution in [1.82, 2.24) is 9.88 Å². The molecule has 1 aliphatic heterocycles. The van der Waals surface area contributed by atoms with Crippen molar-refractivity contribution in [2.75, 3.05) is 26.3 Å². The molecule has 0 spiro atoms. The van der Waals surface area contributed by atoms with Gasteiger partial charge in [-0.3, -0.25) is 4.79 Å². The summed E-state index contributed by atoms with van der Waals surface area (Å²) < 4.78 is 30.8. The second-order valence-electron chi connectivity index (χ2n) is 7.76. The number of carbonyl (C=O) groups is 1. The number of rotatable bonds is 6. The van der Waals surface area contributed by atoms with Crippen LogP contribution in [0.4, 0.5) is 4.39 Å². The molecule has 1 aliphatic rings. The molecule has 168 valence electrons. The molecule has 0 radical (unpaired) electrons. The molecule has 0 N–H and O–H groups in total. The predicted octanol–water partition coefficient (Wildman–Crippen LogP) is 4.60. The number of aryl methyl sites for hydroxylation is 2. The van der Waals surface area contributed by atoms with Crippen LogP contribution >= 0.6 is 11.6 Å². The number of morpholine rings is 1. The first-order chi connectivity index (χ1) is 15.4. The molecule has 0 bridgehead atoms. The normalized spacial score (nSPS) is 16.2. The van der Waals surface area contributed by atoms with Crippen molar-refractivity contribution in [3.05, 3.63) is 70.3 Å². The monoisotopic (exact) mass is 458 g/mol. The summed E-state index contributed by atoms with van der Waals surface area (Å²) in [5, 5.41) is 0.687. The third-order valence-electron chi connectivity index (χ3n) is 5.34. The summed E-state index contributed by atoms with van der Waals surface area (Å²) in [4.78, 5) is 19.1. The van der Waals surface area contributed by atoms with Crippen LogP contribution in [0, 0.1) is 19.7 Å². The number of nitrogens with zero attached hydrogens (tertiary/aromatic N) is 2. The van der Waals surface area contributed by atoms with Crippen LogP contribution in [0.5, 0.6) is 5.75 Å². The van der Waals surface area contributed by atoms with Crippen molar-refractivity contribution in [2.24, 2.45) is 0 Å². The number of carbonyl (C=O) groups excluding carboxylic acids is 1. The molecule has 6 nitrogen and oxygen atoms in total. The van der Waals surface area contributed by atoms with Gasteiger partial charge in [-0.25, -0.2) is 9.37 Å². The average Bonchev–Trinajstić information content (AvgIpc) is 3.15. The van der Waals surface area contributed by atoms with E-state index in [2.05, 4.69) is 4.98 Å². The summed E-state index contributed by atoms with van der Waals surface area (Å²) >= 11 is 6.05. The lowest BCUT2D eigenvalue weighted by atomic mass is 10.2. The Morgan fingerprint density at radius 2 is 2.12 bits per heavy atom. The highest BCUT2D eigenvalue weighted by Crippen LogP contribution is 2.24. The fourth-order valence-electron chi connectivity index (χ4n) is 3.53. The zero-order chi connectivity index (χ0) is 22.7. The Morgan fingerprint density at radius 3 is 2.91 bits per heavy atom. The van der Waals surface area contributed by atoms with Gasteiger partial charge < -0.3 is 18.8 Å². The van der Waals surface area contributed by atoms with Crippen molar-refractivity contribution in [3.63, 3.8) is 0 Å². The minimum Gasteiger partial charge on any atom is -0.491 e. The summed E-state index contributed by atoms with van der Waals surface area (Å²) in [6.45, 7) is 5.37. The van der Waals surface area contributed by atoms with Crippen molar-refractivity contribution in [2.45, 2.75) is 26.4 Å². The minimum atomic E-state index is -0.369. The van der Waals surface area contributed by atoms with E-state index >= 15 is 0 Å². The zero-order valence-electron chi connectivity index (χ0n) is 17.9. The summed E-state index contributed by atoms with van der Waals surface area (Å²) in [7, 11) is 0. The van der Waals surface area contributed by atoms with Gasteiger partial charge in [-0.1, -0.05) is 17.7 Å². The Morgan fingerprint density at radius 1 is 1.28 bits per heavy atom. The smallest absolute Gasteiger partial charge is 0.228 e. The Hall–Kier alpha value is -2.90. The summed E-state index contributed by atoms with van der Waals surface area (Å²) in [6, 6.07) is 11.5. The minimum absolute atomic E-state index is 0.0668. The van der Waals surface area contributed by atoms with Gasteiger partial charge in [0.15, 0.2) is 0 Å². The first-order valence-corrected chi connectivity index (χ1v) is 10.8. The van der Waals surface area contributed by atoms with E-state index in [4.69, 9.17) is 25.5 Å². The fourth-order valence-corrected chi connectivity index (χ4v) is 3.65. The second-order valence-corrected chi connectivity index (χ2v) is 8.17. The molecule has 8 heteroatoms. The molecule has 1 aromatic heterocycles. The number of hydrogen-bond donors (Lipinski definition) is 0. The van der Waals surface area contributed by atoms with Crippen LogP contribution in [-0.4, -0.2) is 48.2 Å². The number of benzene rings is 2. The van der Waals surface area contributed by atoms with Gasteiger partial charge in [0, 0.05) is 17.1 Å². The van der Waals surface area contributed by atoms with E-state index in [0.29, 0.717) is 60.0 Å². The van der Waals surface area contributed by atoms with E-state index in [9.17, 15) is 9.18 Å². The highest BCUT2D eigenvalue weighted by Gasteiger charge is 2.26. The molecule has 32 heavy (non-hydrogen) atoms. The molecule has 0 aliphatic carbocycles. The number of hydrogen-bond acceptors (Lipinski definition) is 5. The average molecular weight is 459 g/mol. The highest BCUT2D eigenvalue weighted by atomic mass is 35.5. The van der Waals surface area contributed by atoms with Gasteiger partial charge in [-0.2, -0.15) is 0 Å². The van der Waals surface area contributed by atoms with E-state index in [0.717, 1.165) is 5.56 Å². The lowest BCUT2D eigenvalue weighted by molar-refractivity contribution is -0.139. The number of ether oxygens (including phenoxy) is 2. The van der Waals surface area contributed by atoms with E-state index in [-0.39, 0.29) is 24.2 Å². The maximum atomic E-state index is 13.5. The van der Waals surface area contributed by atoms with Gasteiger partial charge in [0.05, 0.1) is 25.3 Å². The lowest BCUT2D eigenvalue weighted by Gasteiger charge is -2.32. The van der Waals surface area contributed by atoms with Crippen molar-refractivity contribution in [3.8, 4) is 17.2 Å². The van der Waals surface area contributed by atoms with Crippen molar-refractivity contribution < 1.29 is 23.1 Å². The first kappa shape index (κ1) is 22.3. The molecule has 4 rings (SSSR count). The van der Waals surface area contributed by atoms with Crippen molar-refractivity contribution >= 4 is 17.5 Å². The molecule has 1 fully saturated rings. The van der Waals surface area contributed by atoms with E-state index in [1.54, 1.807) is 30.0 Å². The summed E-state index contributed by atoms with van der Waals surface area (Å²) in [5.74, 6) is 1.12. The van der Waals surface area contributed by atoms with Crippen LogP contribution in [0.1, 0.15) is 17.0 Å².